The third kappa shape index (κ3) is 14.4. The smallest absolute Gasteiger partial charge is 0.114 e. The number of allylic oxidation sites excluding steroid dienone is 5. The first kappa shape index (κ1) is 26.3. The minimum absolute atomic E-state index is 0.473. The molecule has 0 atom stereocenters. The number of hydrogen-bond acceptors (Lipinski definition) is 3. The van der Waals surface area contributed by atoms with Gasteiger partial charge in [-0.15, -0.1) is 0 Å². The highest BCUT2D eigenvalue weighted by Gasteiger charge is 1.93. The van der Waals surface area contributed by atoms with E-state index < -0.39 is 6.67 Å². The Morgan fingerprint density at radius 3 is 2.08 bits per heavy atom. The van der Waals surface area contributed by atoms with Crippen molar-refractivity contribution in [3.8, 4) is 0 Å². The van der Waals surface area contributed by atoms with Gasteiger partial charge < -0.3 is 15.7 Å². The molecule has 0 spiro atoms. The second-order valence-corrected chi connectivity index (χ2v) is 5.93. The van der Waals surface area contributed by atoms with Gasteiger partial charge in [0, 0.05) is 12.8 Å². The highest BCUT2D eigenvalue weighted by Crippen LogP contribution is 2.15. The molecule has 0 aliphatic rings. The summed E-state index contributed by atoms with van der Waals surface area (Å²) in [6.07, 6.45) is 7.94. The van der Waals surface area contributed by atoms with Crippen molar-refractivity contribution in [2.45, 2.75) is 33.6 Å². The summed E-state index contributed by atoms with van der Waals surface area (Å²) < 4.78 is 12.1. The van der Waals surface area contributed by atoms with Gasteiger partial charge in [-0.1, -0.05) is 50.8 Å². The van der Waals surface area contributed by atoms with Crippen LogP contribution in [0.3, 0.4) is 0 Å². The molecule has 0 unspecified atom stereocenters. The number of nitrogen functional groups attached to an aromatic ring is 1. The summed E-state index contributed by atoms with van der Waals surface area (Å²) in [5.41, 5.74) is 9.02. The zero-order chi connectivity index (χ0) is 20.4. The number of nitrogens with two attached hydrogens (primary N) is 1. The van der Waals surface area contributed by atoms with Gasteiger partial charge in [0.2, 0.25) is 0 Å². The van der Waals surface area contributed by atoms with E-state index in [-0.39, 0.29) is 0 Å². The Balaban J connectivity index is 0. The minimum Gasteiger partial charge on any atom is -0.400 e. The van der Waals surface area contributed by atoms with Crippen molar-refractivity contribution < 1.29 is 9.50 Å². The first-order valence-corrected chi connectivity index (χ1v) is 9.02. The topological polar surface area (TPSA) is 49.5 Å². The van der Waals surface area contributed by atoms with E-state index in [1.54, 1.807) is 12.2 Å². The Morgan fingerprint density at radius 2 is 1.65 bits per heavy atom. The fourth-order valence-electron chi connectivity index (χ4n) is 2.09. The van der Waals surface area contributed by atoms with Crippen LogP contribution in [0.2, 0.25) is 0 Å². The fraction of sp³-hybridized carbons (Fsp3) is 0.455. The van der Waals surface area contributed by atoms with Crippen LogP contribution >= 0.6 is 0 Å². The lowest BCUT2D eigenvalue weighted by Gasteiger charge is -2.12. The molecule has 1 aromatic rings. The van der Waals surface area contributed by atoms with Crippen molar-refractivity contribution in [3.63, 3.8) is 0 Å². The standard InChI is InChI=1S/C14H16FN.C7H17N.CH4O/c1-11(10-15)4-3-5-12(2)13-6-8-14(16)9-7-13;1-4-6-8(3)7-5-2;1-2/h3-9H,1,10,16H2,2H3;4-7H2,1-3H3;2H,1H3/b4-3-,12-5+;;. The minimum atomic E-state index is -0.509. The molecule has 1 rings (SSSR count). The number of aliphatic hydroxyl groups excluding tert-OH is 1. The summed E-state index contributed by atoms with van der Waals surface area (Å²) in [4.78, 5) is 2.36. The zero-order valence-electron chi connectivity index (χ0n) is 17.1. The molecule has 0 saturated heterocycles. The second kappa shape index (κ2) is 17.9. The monoisotopic (exact) mass is 364 g/mol. The molecule has 0 aromatic heterocycles. The number of alkyl halides is 1. The average Bonchev–Trinajstić information content (AvgIpc) is 2.64. The van der Waals surface area contributed by atoms with Gasteiger partial charge in [0.1, 0.15) is 6.67 Å². The van der Waals surface area contributed by atoms with Crippen LogP contribution in [0.15, 0.2) is 54.6 Å². The lowest BCUT2D eigenvalue weighted by Crippen LogP contribution is -2.19. The van der Waals surface area contributed by atoms with E-state index in [1.807, 2.05) is 37.3 Å². The van der Waals surface area contributed by atoms with Crippen molar-refractivity contribution in [2.24, 2.45) is 0 Å². The summed E-state index contributed by atoms with van der Waals surface area (Å²) in [7, 11) is 3.17. The molecule has 1 aromatic carbocycles. The molecular formula is C22H37FN2O. The molecule has 0 radical (unpaired) electrons. The molecule has 0 aliphatic heterocycles. The largest absolute Gasteiger partial charge is 0.400 e. The third-order valence-corrected chi connectivity index (χ3v) is 3.43. The summed E-state index contributed by atoms with van der Waals surface area (Å²) in [6.45, 7) is 11.9. The number of aliphatic hydroxyl groups is 1. The second-order valence-electron chi connectivity index (χ2n) is 5.93. The average molecular weight is 365 g/mol. The predicted molar refractivity (Wildman–Crippen MR) is 115 cm³/mol. The van der Waals surface area contributed by atoms with Gasteiger partial charge in [0.05, 0.1) is 0 Å². The van der Waals surface area contributed by atoms with E-state index in [0.717, 1.165) is 23.9 Å². The Labute approximate surface area is 159 Å². The zero-order valence-corrected chi connectivity index (χ0v) is 17.1. The van der Waals surface area contributed by atoms with Crippen LogP contribution in [-0.4, -0.2) is 43.9 Å². The van der Waals surface area contributed by atoms with Crippen molar-refractivity contribution in [3.05, 3.63) is 60.2 Å². The first-order valence-electron chi connectivity index (χ1n) is 9.02. The fourth-order valence-corrected chi connectivity index (χ4v) is 2.09. The van der Waals surface area contributed by atoms with E-state index in [9.17, 15) is 4.39 Å². The van der Waals surface area contributed by atoms with Crippen molar-refractivity contribution in [1.29, 1.82) is 0 Å². The van der Waals surface area contributed by atoms with Gasteiger partial charge in [-0.05, 0) is 68.7 Å². The summed E-state index contributed by atoms with van der Waals surface area (Å²) >= 11 is 0. The van der Waals surface area contributed by atoms with Crippen LogP contribution in [-0.2, 0) is 0 Å². The number of halogens is 1. The van der Waals surface area contributed by atoms with Crippen LogP contribution in [0, 0.1) is 0 Å². The highest BCUT2D eigenvalue weighted by molar-refractivity contribution is 5.66. The van der Waals surface area contributed by atoms with Crippen LogP contribution in [0.1, 0.15) is 39.2 Å². The maximum Gasteiger partial charge on any atom is 0.114 e. The quantitative estimate of drug-likeness (QED) is 0.498. The maximum atomic E-state index is 12.1. The first-order chi connectivity index (χ1) is 12.4. The Morgan fingerprint density at radius 1 is 1.15 bits per heavy atom. The number of hydrogen-bond donors (Lipinski definition) is 2. The van der Waals surface area contributed by atoms with Crippen molar-refractivity contribution >= 4 is 11.3 Å². The van der Waals surface area contributed by atoms with E-state index in [2.05, 4.69) is 32.4 Å². The maximum absolute atomic E-state index is 12.1. The van der Waals surface area contributed by atoms with Gasteiger partial charge in [-0.25, -0.2) is 4.39 Å². The van der Waals surface area contributed by atoms with E-state index >= 15 is 0 Å². The van der Waals surface area contributed by atoms with Crippen molar-refractivity contribution in [2.75, 3.05) is 39.7 Å². The molecule has 3 N–H and O–H groups in total. The molecule has 4 heteroatoms. The summed E-state index contributed by atoms with van der Waals surface area (Å²) in [5.74, 6) is 0. The van der Waals surface area contributed by atoms with Crippen LogP contribution in [0.4, 0.5) is 10.1 Å². The molecular weight excluding hydrogens is 327 g/mol. The molecule has 0 aliphatic carbocycles. The van der Waals surface area contributed by atoms with Gasteiger partial charge in [-0.3, -0.25) is 0 Å². The summed E-state index contributed by atoms with van der Waals surface area (Å²) in [5, 5.41) is 7.00. The van der Waals surface area contributed by atoms with Crippen LogP contribution in [0.25, 0.3) is 5.57 Å². The van der Waals surface area contributed by atoms with E-state index in [4.69, 9.17) is 10.8 Å². The Bertz CT molecular complexity index is 515. The molecule has 0 heterocycles. The highest BCUT2D eigenvalue weighted by atomic mass is 19.1. The molecule has 0 fully saturated rings. The number of anilines is 1. The molecule has 148 valence electrons. The van der Waals surface area contributed by atoms with Gasteiger partial charge >= 0.3 is 0 Å². The van der Waals surface area contributed by atoms with E-state index in [1.165, 1.54) is 25.9 Å². The third-order valence-electron chi connectivity index (χ3n) is 3.43. The SMILES string of the molecule is C=C(/C=C\C=C(/C)c1ccc(N)cc1)CF.CCCN(C)CCC.CO. The number of nitrogens with zero attached hydrogens (tertiary/aromatic N) is 1. The molecule has 3 nitrogen and oxygen atoms in total. The van der Waals surface area contributed by atoms with Gasteiger partial charge in [-0.2, -0.15) is 0 Å². The Hall–Kier alpha value is -1.91. The molecule has 0 bridgehead atoms. The number of benzene rings is 1. The number of rotatable bonds is 8. The molecule has 26 heavy (non-hydrogen) atoms. The van der Waals surface area contributed by atoms with Gasteiger partial charge in [0.25, 0.3) is 0 Å². The summed E-state index contributed by atoms with van der Waals surface area (Å²) in [6, 6.07) is 7.63. The van der Waals surface area contributed by atoms with Gasteiger partial charge in [0.15, 0.2) is 0 Å². The van der Waals surface area contributed by atoms with Crippen LogP contribution in [0.5, 0.6) is 0 Å². The molecule has 0 saturated carbocycles. The lowest BCUT2D eigenvalue weighted by molar-refractivity contribution is 0.335. The predicted octanol–water partition coefficient (Wildman–Crippen LogP) is 5.10. The molecule has 0 amide bonds. The van der Waals surface area contributed by atoms with Crippen molar-refractivity contribution in [1.82, 2.24) is 4.90 Å². The Kier molecular flexibility index (Phi) is 18.1. The normalized spacial score (nSPS) is 10.8. The van der Waals surface area contributed by atoms with Crippen LogP contribution < -0.4 is 5.73 Å². The van der Waals surface area contributed by atoms with E-state index in [0.29, 0.717) is 5.57 Å². The lowest BCUT2D eigenvalue weighted by atomic mass is 10.1.